The van der Waals surface area contributed by atoms with Crippen LogP contribution in [-0.4, -0.2) is 5.16 Å². The standard InChI is InChI=1S/C16H12ClFN2O/c1-9-4-2-7-12(14(9)17)15-13(16(19)21-20-15)10-5-3-6-11(18)8-10/h2-8H,19H2,1H3. The van der Waals surface area contributed by atoms with Gasteiger partial charge in [0, 0.05) is 5.56 Å². The minimum atomic E-state index is -0.352. The maximum Gasteiger partial charge on any atom is 0.230 e. The summed E-state index contributed by atoms with van der Waals surface area (Å²) in [7, 11) is 0. The average Bonchev–Trinajstić information content (AvgIpc) is 2.83. The highest BCUT2D eigenvalue weighted by Gasteiger charge is 2.20. The maximum absolute atomic E-state index is 13.5. The minimum Gasteiger partial charge on any atom is -0.367 e. The molecule has 0 unspecified atom stereocenters. The zero-order chi connectivity index (χ0) is 15.0. The van der Waals surface area contributed by atoms with Crippen molar-refractivity contribution in [2.24, 2.45) is 0 Å². The van der Waals surface area contributed by atoms with Gasteiger partial charge in [0.2, 0.25) is 5.88 Å². The van der Waals surface area contributed by atoms with Crippen molar-refractivity contribution in [3.8, 4) is 22.4 Å². The summed E-state index contributed by atoms with van der Waals surface area (Å²) < 4.78 is 18.5. The third-order valence-corrected chi connectivity index (χ3v) is 3.78. The summed E-state index contributed by atoms with van der Waals surface area (Å²) in [4.78, 5) is 0. The third kappa shape index (κ3) is 2.38. The largest absolute Gasteiger partial charge is 0.367 e. The van der Waals surface area contributed by atoms with Gasteiger partial charge in [0.1, 0.15) is 11.5 Å². The summed E-state index contributed by atoms with van der Waals surface area (Å²) in [5, 5.41) is 4.56. The lowest BCUT2D eigenvalue weighted by molar-refractivity contribution is 0.439. The smallest absolute Gasteiger partial charge is 0.230 e. The summed E-state index contributed by atoms with van der Waals surface area (Å²) >= 11 is 6.33. The number of halogens is 2. The fourth-order valence-corrected chi connectivity index (χ4v) is 2.46. The van der Waals surface area contributed by atoms with Crippen LogP contribution >= 0.6 is 11.6 Å². The fourth-order valence-electron chi connectivity index (χ4n) is 2.24. The Morgan fingerprint density at radius 3 is 2.71 bits per heavy atom. The van der Waals surface area contributed by atoms with Crippen LogP contribution in [0.2, 0.25) is 5.02 Å². The molecule has 3 rings (SSSR count). The molecule has 0 atom stereocenters. The molecule has 0 saturated heterocycles. The topological polar surface area (TPSA) is 52.0 Å². The van der Waals surface area contributed by atoms with Gasteiger partial charge in [0.15, 0.2) is 0 Å². The van der Waals surface area contributed by atoms with Crippen LogP contribution < -0.4 is 5.73 Å². The van der Waals surface area contributed by atoms with Crippen molar-refractivity contribution in [2.75, 3.05) is 5.73 Å². The Bertz CT molecular complexity index is 814. The van der Waals surface area contributed by atoms with Gasteiger partial charge >= 0.3 is 0 Å². The van der Waals surface area contributed by atoms with Crippen molar-refractivity contribution in [2.45, 2.75) is 6.92 Å². The molecule has 106 valence electrons. The van der Waals surface area contributed by atoms with Gasteiger partial charge in [-0.3, -0.25) is 0 Å². The Labute approximate surface area is 126 Å². The number of benzene rings is 2. The first-order valence-electron chi connectivity index (χ1n) is 6.34. The summed E-state index contributed by atoms with van der Waals surface area (Å²) in [6.45, 7) is 1.90. The van der Waals surface area contributed by atoms with Gasteiger partial charge in [0.05, 0.1) is 10.6 Å². The van der Waals surface area contributed by atoms with E-state index in [1.54, 1.807) is 12.1 Å². The SMILES string of the molecule is Cc1cccc(-c2noc(N)c2-c2cccc(F)c2)c1Cl. The second-order valence-electron chi connectivity index (χ2n) is 4.72. The van der Waals surface area contributed by atoms with Crippen molar-refractivity contribution in [1.82, 2.24) is 5.16 Å². The molecule has 0 aliphatic heterocycles. The molecule has 5 heteroatoms. The summed E-state index contributed by atoms with van der Waals surface area (Å²) in [6, 6.07) is 11.7. The van der Waals surface area contributed by atoms with Gasteiger partial charge in [-0.15, -0.1) is 0 Å². The second-order valence-corrected chi connectivity index (χ2v) is 5.10. The maximum atomic E-state index is 13.5. The zero-order valence-corrected chi connectivity index (χ0v) is 12.0. The van der Waals surface area contributed by atoms with Crippen molar-refractivity contribution < 1.29 is 8.91 Å². The molecule has 0 amide bonds. The molecule has 0 radical (unpaired) electrons. The van der Waals surface area contributed by atoms with Crippen LogP contribution in [0.15, 0.2) is 47.0 Å². The number of hydrogen-bond donors (Lipinski definition) is 1. The van der Waals surface area contributed by atoms with E-state index in [1.165, 1.54) is 12.1 Å². The van der Waals surface area contributed by atoms with E-state index in [2.05, 4.69) is 5.16 Å². The lowest BCUT2D eigenvalue weighted by Gasteiger charge is -2.06. The molecule has 21 heavy (non-hydrogen) atoms. The summed E-state index contributed by atoms with van der Waals surface area (Å²) in [6.07, 6.45) is 0. The van der Waals surface area contributed by atoms with E-state index in [4.69, 9.17) is 21.9 Å². The third-order valence-electron chi connectivity index (χ3n) is 3.28. The predicted molar refractivity (Wildman–Crippen MR) is 81.5 cm³/mol. The molecule has 0 fully saturated rings. The monoisotopic (exact) mass is 302 g/mol. The lowest BCUT2D eigenvalue weighted by atomic mass is 10.00. The molecule has 0 aliphatic carbocycles. The number of aromatic nitrogens is 1. The number of hydrogen-bond acceptors (Lipinski definition) is 3. The highest BCUT2D eigenvalue weighted by molar-refractivity contribution is 6.34. The zero-order valence-electron chi connectivity index (χ0n) is 11.2. The molecule has 0 aliphatic rings. The Kier molecular flexibility index (Phi) is 3.39. The normalized spacial score (nSPS) is 10.8. The fraction of sp³-hybridized carbons (Fsp3) is 0.0625. The molecule has 2 aromatic carbocycles. The molecule has 3 aromatic rings. The van der Waals surface area contributed by atoms with Gasteiger partial charge in [-0.1, -0.05) is 47.1 Å². The Morgan fingerprint density at radius 1 is 1.19 bits per heavy atom. The van der Waals surface area contributed by atoms with E-state index in [0.717, 1.165) is 5.56 Å². The quantitative estimate of drug-likeness (QED) is 0.747. The van der Waals surface area contributed by atoms with E-state index < -0.39 is 0 Å². The van der Waals surface area contributed by atoms with E-state index in [-0.39, 0.29) is 11.7 Å². The van der Waals surface area contributed by atoms with Crippen molar-refractivity contribution in [3.05, 3.63) is 58.9 Å². The first-order chi connectivity index (χ1) is 10.1. The van der Waals surface area contributed by atoms with Crippen molar-refractivity contribution >= 4 is 17.5 Å². The Hall–Kier alpha value is -2.33. The predicted octanol–water partition coefficient (Wildman–Crippen LogP) is 4.69. The van der Waals surface area contributed by atoms with Crippen LogP contribution in [0.4, 0.5) is 10.3 Å². The molecule has 0 bridgehead atoms. The molecule has 1 heterocycles. The van der Waals surface area contributed by atoms with Gasteiger partial charge in [-0.25, -0.2) is 4.39 Å². The number of rotatable bonds is 2. The lowest BCUT2D eigenvalue weighted by Crippen LogP contribution is -1.90. The number of nitrogens with two attached hydrogens (primary N) is 1. The molecule has 1 aromatic heterocycles. The molecule has 3 nitrogen and oxygen atoms in total. The van der Waals surface area contributed by atoms with Crippen molar-refractivity contribution in [3.63, 3.8) is 0 Å². The number of nitrogens with zero attached hydrogens (tertiary/aromatic N) is 1. The van der Waals surface area contributed by atoms with E-state index in [1.807, 2.05) is 25.1 Å². The van der Waals surface area contributed by atoms with Gasteiger partial charge in [-0.05, 0) is 30.2 Å². The van der Waals surface area contributed by atoms with E-state index >= 15 is 0 Å². The average molecular weight is 303 g/mol. The Morgan fingerprint density at radius 2 is 1.95 bits per heavy atom. The molecular weight excluding hydrogens is 291 g/mol. The van der Waals surface area contributed by atoms with Gasteiger partial charge < -0.3 is 10.3 Å². The van der Waals surface area contributed by atoms with Gasteiger partial charge in [-0.2, -0.15) is 0 Å². The first kappa shape index (κ1) is 13.6. The molecule has 2 N–H and O–H groups in total. The van der Waals surface area contributed by atoms with Crippen LogP contribution in [-0.2, 0) is 0 Å². The molecular formula is C16H12ClFN2O. The number of nitrogen functional groups attached to an aromatic ring is 1. The second kappa shape index (κ2) is 5.22. The van der Waals surface area contributed by atoms with Crippen LogP contribution in [0.5, 0.6) is 0 Å². The van der Waals surface area contributed by atoms with Gasteiger partial charge in [0.25, 0.3) is 0 Å². The van der Waals surface area contributed by atoms with Crippen molar-refractivity contribution in [1.29, 1.82) is 0 Å². The highest BCUT2D eigenvalue weighted by atomic mass is 35.5. The van der Waals surface area contributed by atoms with E-state index in [9.17, 15) is 4.39 Å². The van der Waals surface area contributed by atoms with Crippen LogP contribution in [0.25, 0.3) is 22.4 Å². The van der Waals surface area contributed by atoms with Crippen LogP contribution in [0.1, 0.15) is 5.56 Å². The Balaban J connectivity index is 2.24. The summed E-state index contributed by atoms with van der Waals surface area (Å²) in [5.74, 6) is -0.220. The molecule has 0 spiro atoms. The molecule has 0 saturated carbocycles. The van der Waals surface area contributed by atoms with Crippen LogP contribution in [0.3, 0.4) is 0 Å². The first-order valence-corrected chi connectivity index (χ1v) is 6.72. The number of anilines is 1. The summed E-state index contributed by atoms with van der Waals surface area (Å²) in [5.41, 5.74) is 9.13. The van der Waals surface area contributed by atoms with E-state index in [0.29, 0.717) is 27.4 Å². The number of aryl methyl sites for hydroxylation is 1. The highest BCUT2D eigenvalue weighted by Crippen LogP contribution is 2.39. The van der Waals surface area contributed by atoms with Crippen LogP contribution in [0, 0.1) is 12.7 Å². The minimum absolute atomic E-state index is 0.133.